The van der Waals surface area contributed by atoms with E-state index in [1.54, 1.807) is 0 Å². The Bertz CT molecular complexity index is 567. The van der Waals surface area contributed by atoms with Crippen molar-refractivity contribution in [1.82, 2.24) is 25.4 Å². The molecule has 1 atom stereocenters. The quantitative estimate of drug-likeness (QED) is 0.592. The lowest BCUT2D eigenvalue weighted by atomic mass is 10.0. The number of guanidine groups is 1. The maximum absolute atomic E-state index is 4.46. The standard InChI is InChI=1S/C21H36N6/c1-3-27-13-7-5-9-20(27)16-24-21(22-2)25-18-10-14-26(15-11-18)17-19-8-4-6-12-23-19/h4,6,8,12,18,20H,3,5,7,9-11,13-17H2,1-2H3,(H2,22,24,25). The van der Waals surface area contributed by atoms with Crippen LogP contribution in [0.3, 0.4) is 0 Å². The van der Waals surface area contributed by atoms with Crippen LogP contribution >= 0.6 is 0 Å². The zero-order chi connectivity index (χ0) is 18.9. The SMILES string of the molecule is CCN1CCCCC1CNC(=NC)NC1CCN(Cc2ccccn2)CC1. The van der Waals surface area contributed by atoms with E-state index in [9.17, 15) is 0 Å². The number of likely N-dealkylation sites (N-methyl/N-ethyl adjacent to an activating group) is 1. The fourth-order valence-corrected chi connectivity index (χ4v) is 4.27. The molecule has 3 rings (SSSR count). The molecule has 1 aromatic heterocycles. The summed E-state index contributed by atoms with van der Waals surface area (Å²) >= 11 is 0. The van der Waals surface area contributed by atoms with E-state index in [-0.39, 0.29) is 0 Å². The van der Waals surface area contributed by atoms with Gasteiger partial charge in [0.1, 0.15) is 0 Å². The highest BCUT2D eigenvalue weighted by molar-refractivity contribution is 5.80. The third kappa shape index (κ3) is 6.18. The number of piperidine rings is 2. The number of hydrogen-bond donors (Lipinski definition) is 2. The minimum atomic E-state index is 0.504. The number of aromatic nitrogens is 1. The van der Waals surface area contributed by atoms with Gasteiger partial charge >= 0.3 is 0 Å². The highest BCUT2D eigenvalue weighted by atomic mass is 15.2. The van der Waals surface area contributed by atoms with Gasteiger partial charge in [-0.25, -0.2) is 0 Å². The Morgan fingerprint density at radius 3 is 2.74 bits per heavy atom. The molecule has 0 aromatic carbocycles. The van der Waals surface area contributed by atoms with E-state index >= 15 is 0 Å². The van der Waals surface area contributed by atoms with Crippen LogP contribution in [0.25, 0.3) is 0 Å². The molecule has 0 aliphatic carbocycles. The van der Waals surface area contributed by atoms with Crippen LogP contribution in [0.2, 0.25) is 0 Å². The smallest absolute Gasteiger partial charge is 0.191 e. The molecule has 2 N–H and O–H groups in total. The van der Waals surface area contributed by atoms with Crippen LogP contribution in [-0.2, 0) is 6.54 Å². The van der Waals surface area contributed by atoms with Gasteiger partial charge in [-0.3, -0.25) is 19.8 Å². The van der Waals surface area contributed by atoms with E-state index in [0.717, 1.165) is 57.2 Å². The fraction of sp³-hybridized carbons (Fsp3) is 0.714. The van der Waals surface area contributed by atoms with Gasteiger partial charge in [0, 0.05) is 51.5 Å². The second-order valence-electron chi connectivity index (χ2n) is 7.75. The summed E-state index contributed by atoms with van der Waals surface area (Å²) in [5.74, 6) is 0.958. The summed E-state index contributed by atoms with van der Waals surface area (Å²) in [7, 11) is 1.88. The van der Waals surface area contributed by atoms with Crippen molar-refractivity contribution in [2.24, 2.45) is 4.99 Å². The average molecular weight is 373 g/mol. The first-order valence-electron chi connectivity index (χ1n) is 10.6. The largest absolute Gasteiger partial charge is 0.355 e. The van der Waals surface area contributed by atoms with Gasteiger partial charge in [0.15, 0.2) is 5.96 Å². The summed E-state index contributed by atoms with van der Waals surface area (Å²) in [5.41, 5.74) is 1.16. The number of rotatable bonds is 6. The molecule has 0 radical (unpaired) electrons. The molecule has 2 aliphatic rings. The van der Waals surface area contributed by atoms with Crippen LogP contribution in [0, 0.1) is 0 Å². The van der Waals surface area contributed by atoms with Crippen molar-refractivity contribution < 1.29 is 0 Å². The normalized spacial score (nSPS) is 23.3. The fourth-order valence-electron chi connectivity index (χ4n) is 4.27. The van der Waals surface area contributed by atoms with Crippen molar-refractivity contribution >= 4 is 5.96 Å². The summed E-state index contributed by atoms with van der Waals surface area (Å²) in [6, 6.07) is 7.30. The lowest BCUT2D eigenvalue weighted by molar-refractivity contribution is 0.157. The third-order valence-electron chi connectivity index (χ3n) is 5.92. The lowest BCUT2D eigenvalue weighted by Gasteiger charge is -2.36. The zero-order valence-electron chi connectivity index (χ0n) is 17.0. The molecule has 2 saturated heterocycles. The molecule has 0 saturated carbocycles. The van der Waals surface area contributed by atoms with Crippen LogP contribution in [0.15, 0.2) is 29.4 Å². The zero-order valence-corrected chi connectivity index (χ0v) is 17.0. The molecule has 2 fully saturated rings. The molecule has 6 heteroatoms. The molecule has 1 unspecified atom stereocenters. The van der Waals surface area contributed by atoms with Gasteiger partial charge in [-0.15, -0.1) is 0 Å². The first kappa shape index (κ1) is 20.1. The van der Waals surface area contributed by atoms with Crippen molar-refractivity contribution in [2.75, 3.05) is 39.8 Å². The summed E-state index contributed by atoms with van der Waals surface area (Å²) in [5, 5.41) is 7.22. The molecule has 1 aromatic rings. The lowest BCUT2D eigenvalue weighted by Crippen LogP contribution is -2.52. The first-order chi connectivity index (χ1) is 13.3. The highest BCUT2D eigenvalue weighted by Crippen LogP contribution is 2.16. The predicted molar refractivity (Wildman–Crippen MR) is 112 cm³/mol. The Balaban J connectivity index is 1.39. The molecular weight excluding hydrogens is 336 g/mol. The predicted octanol–water partition coefficient (Wildman–Crippen LogP) is 2.09. The monoisotopic (exact) mass is 372 g/mol. The molecule has 2 aliphatic heterocycles. The van der Waals surface area contributed by atoms with Crippen molar-refractivity contribution in [1.29, 1.82) is 0 Å². The molecule has 6 nitrogen and oxygen atoms in total. The van der Waals surface area contributed by atoms with E-state index in [2.05, 4.69) is 49.5 Å². The first-order valence-corrected chi connectivity index (χ1v) is 10.6. The van der Waals surface area contributed by atoms with E-state index in [0.29, 0.717) is 12.1 Å². The number of aliphatic imine (C=N–C) groups is 1. The molecular formula is C21H36N6. The molecule has 0 amide bonds. The molecule has 0 spiro atoms. The van der Waals surface area contributed by atoms with E-state index in [4.69, 9.17) is 0 Å². The van der Waals surface area contributed by atoms with Crippen molar-refractivity contribution in [3.8, 4) is 0 Å². The number of likely N-dealkylation sites (tertiary alicyclic amines) is 2. The average Bonchev–Trinajstić information content (AvgIpc) is 2.73. The van der Waals surface area contributed by atoms with Gasteiger partial charge in [0.25, 0.3) is 0 Å². The van der Waals surface area contributed by atoms with Crippen molar-refractivity contribution in [3.05, 3.63) is 30.1 Å². The number of pyridine rings is 1. The Labute approximate surface area is 164 Å². The van der Waals surface area contributed by atoms with Crippen molar-refractivity contribution in [2.45, 2.75) is 57.7 Å². The topological polar surface area (TPSA) is 55.8 Å². The number of nitrogens with zero attached hydrogens (tertiary/aromatic N) is 4. The number of nitrogens with one attached hydrogen (secondary N) is 2. The minimum absolute atomic E-state index is 0.504. The Morgan fingerprint density at radius 1 is 1.19 bits per heavy atom. The van der Waals surface area contributed by atoms with Gasteiger partial charge in [0.05, 0.1) is 5.69 Å². The molecule has 0 bridgehead atoms. The summed E-state index contributed by atoms with van der Waals surface area (Å²) in [6.45, 7) is 8.82. The van der Waals surface area contributed by atoms with E-state index in [1.807, 2.05) is 19.3 Å². The second-order valence-corrected chi connectivity index (χ2v) is 7.75. The maximum atomic E-state index is 4.46. The Kier molecular flexibility index (Phi) is 7.90. The van der Waals surface area contributed by atoms with E-state index < -0.39 is 0 Å². The summed E-state index contributed by atoms with van der Waals surface area (Å²) in [4.78, 5) is 14.0. The van der Waals surface area contributed by atoms with E-state index in [1.165, 1.54) is 25.8 Å². The van der Waals surface area contributed by atoms with Crippen LogP contribution in [-0.4, -0.2) is 72.6 Å². The number of hydrogen-bond acceptors (Lipinski definition) is 4. The Morgan fingerprint density at radius 2 is 2.04 bits per heavy atom. The van der Waals surface area contributed by atoms with Crippen LogP contribution in [0.1, 0.15) is 44.7 Å². The van der Waals surface area contributed by atoms with Crippen LogP contribution < -0.4 is 10.6 Å². The maximum Gasteiger partial charge on any atom is 0.191 e. The van der Waals surface area contributed by atoms with Crippen LogP contribution in [0.5, 0.6) is 0 Å². The summed E-state index contributed by atoms with van der Waals surface area (Å²) < 4.78 is 0. The Hall–Kier alpha value is -1.66. The molecule has 150 valence electrons. The highest BCUT2D eigenvalue weighted by Gasteiger charge is 2.23. The van der Waals surface area contributed by atoms with Gasteiger partial charge in [-0.05, 0) is 50.9 Å². The van der Waals surface area contributed by atoms with Gasteiger partial charge in [-0.2, -0.15) is 0 Å². The minimum Gasteiger partial charge on any atom is -0.355 e. The van der Waals surface area contributed by atoms with Crippen molar-refractivity contribution in [3.63, 3.8) is 0 Å². The van der Waals surface area contributed by atoms with Gasteiger partial charge < -0.3 is 10.6 Å². The summed E-state index contributed by atoms with van der Waals surface area (Å²) in [6.07, 6.45) is 8.17. The molecule has 27 heavy (non-hydrogen) atoms. The van der Waals surface area contributed by atoms with Gasteiger partial charge in [-0.1, -0.05) is 19.4 Å². The third-order valence-corrected chi connectivity index (χ3v) is 5.92. The van der Waals surface area contributed by atoms with Gasteiger partial charge in [0.2, 0.25) is 0 Å². The second kappa shape index (κ2) is 10.6. The molecule has 3 heterocycles. The van der Waals surface area contributed by atoms with Crippen LogP contribution in [0.4, 0.5) is 0 Å².